The van der Waals surface area contributed by atoms with Crippen LogP contribution in [0, 0.1) is 17.0 Å². The Morgan fingerprint density at radius 1 is 1.38 bits per heavy atom. The number of rotatable bonds is 4. The monoisotopic (exact) mass is 351 g/mol. The molecule has 2 N–H and O–H groups in total. The average molecular weight is 352 g/mol. The van der Waals surface area contributed by atoms with E-state index in [0.29, 0.717) is 5.69 Å². The molecule has 0 atom stereocenters. The Hall–Kier alpha value is -2.48. The van der Waals surface area contributed by atoms with Gasteiger partial charge in [0, 0.05) is 16.2 Å². The Morgan fingerprint density at radius 2 is 2.10 bits per heavy atom. The zero-order valence-electron chi connectivity index (χ0n) is 10.8. The second-order valence-electron chi connectivity index (χ2n) is 4.29. The van der Waals surface area contributed by atoms with Gasteiger partial charge < -0.3 is 10.4 Å². The molecule has 2 aromatic rings. The van der Waals surface area contributed by atoms with Crippen LogP contribution in [-0.4, -0.2) is 21.0 Å². The molecule has 2 rings (SSSR count). The highest BCUT2D eigenvalue weighted by Crippen LogP contribution is 2.25. The van der Waals surface area contributed by atoms with Gasteiger partial charge in [0.2, 0.25) is 0 Å². The molecule has 1 aromatic heterocycles. The summed E-state index contributed by atoms with van der Waals surface area (Å²) in [6.45, 7) is 1.90. The number of anilines is 2. The van der Waals surface area contributed by atoms with Crippen molar-refractivity contribution in [1.29, 1.82) is 0 Å². The van der Waals surface area contributed by atoms with Crippen LogP contribution >= 0.6 is 15.9 Å². The van der Waals surface area contributed by atoms with Gasteiger partial charge in [-0.05, 0) is 30.7 Å². The molecule has 0 saturated carbocycles. The van der Waals surface area contributed by atoms with Crippen molar-refractivity contribution < 1.29 is 14.8 Å². The van der Waals surface area contributed by atoms with E-state index in [1.165, 1.54) is 0 Å². The summed E-state index contributed by atoms with van der Waals surface area (Å²) >= 11 is 3.35. The van der Waals surface area contributed by atoms with E-state index in [1.807, 2.05) is 19.1 Å². The van der Waals surface area contributed by atoms with Gasteiger partial charge in [-0.3, -0.25) is 10.1 Å². The molecule has 1 heterocycles. The van der Waals surface area contributed by atoms with E-state index in [1.54, 1.807) is 6.07 Å². The minimum atomic E-state index is -1.38. The molecule has 0 amide bonds. The number of benzene rings is 1. The van der Waals surface area contributed by atoms with E-state index in [4.69, 9.17) is 5.11 Å². The number of halogens is 1. The largest absolute Gasteiger partial charge is 0.477 e. The summed E-state index contributed by atoms with van der Waals surface area (Å²) in [5.41, 5.74) is 0.731. The molecule has 0 spiro atoms. The second kappa shape index (κ2) is 5.88. The van der Waals surface area contributed by atoms with Crippen molar-refractivity contribution >= 4 is 39.1 Å². The number of aromatic carboxylic acids is 1. The van der Waals surface area contributed by atoms with Crippen LogP contribution < -0.4 is 5.32 Å². The number of nitrogens with one attached hydrogen (secondary N) is 1. The first kappa shape index (κ1) is 14.9. The average Bonchev–Trinajstić information content (AvgIpc) is 2.36. The SMILES string of the molecule is Cc1cc(Br)cc(Nc2cc(C(=O)O)c([N+](=O)[O-])cn2)c1. The Morgan fingerprint density at radius 3 is 2.67 bits per heavy atom. The van der Waals surface area contributed by atoms with Crippen molar-refractivity contribution in [3.8, 4) is 0 Å². The normalized spacial score (nSPS) is 10.2. The predicted molar refractivity (Wildman–Crippen MR) is 80.0 cm³/mol. The maximum absolute atomic E-state index is 11.1. The Kier molecular flexibility index (Phi) is 4.18. The van der Waals surface area contributed by atoms with Crippen LogP contribution in [0.1, 0.15) is 15.9 Å². The number of pyridine rings is 1. The number of hydrogen-bond donors (Lipinski definition) is 2. The zero-order valence-corrected chi connectivity index (χ0v) is 12.4. The number of carbonyl (C=O) groups is 1. The highest BCUT2D eigenvalue weighted by atomic mass is 79.9. The Balaban J connectivity index is 2.39. The number of carboxylic acid groups (broad SMARTS) is 1. The van der Waals surface area contributed by atoms with Crippen molar-refractivity contribution in [1.82, 2.24) is 4.98 Å². The second-order valence-corrected chi connectivity index (χ2v) is 5.21. The van der Waals surface area contributed by atoms with Gasteiger partial charge in [-0.2, -0.15) is 0 Å². The third kappa shape index (κ3) is 3.54. The van der Waals surface area contributed by atoms with Crippen molar-refractivity contribution in [2.45, 2.75) is 6.92 Å². The van der Waals surface area contributed by atoms with E-state index in [9.17, 15) is 14.9 Å². The molecule has 0 fully saturated rings. The molecule has 1 aromatic carbocycles. The van der Waals surface area contributed by atoms with Crippen molar-refractivity contribution in [2.24, 2.45) is 0 Å². The molecule has 0 bridgehead atoms. The van der Waals surface area contributed by atoms with Crippen LogP contribution in [0.15, 0.2) is 34.9 Å². The number of nitro groups is 1. The van der Waals surface area contributed by atoms with Crippen LogP contribution in [0.3, 0.4) is 0 Å². The minimum absolute atomic E-state index is 0.218. The lowest BCUT2D eigenvalue weighted by atomic mass is 10.2. The van der Waals surface area contributed by atoms with Gasteiger partial charge in [0.15, 0.2) is 0 Å². The topological polar surface area (TPSA) is 105 Å². The minimum Gasteiger partial charge on any atom is -0.477 e. The summed E-state index contributed by atoms with van der Waals surface area (Å²) in [6, 6.07) is 6.68. The molecule has 0 saturated heterocycles. The van der Waals surface area contributed by atoms with Gasteiger partial charge >= 0.3 is 11.7 Å². The standard InChI is InChI=1S/C13H10BrN3O4/c1-7-2-8(14)4-9(3-7)16-12-5-10(13(18)19)11(6-15-12)17(20)21/h2-6H,1H3,(H,15,16)(H,18,19). The van der Waals surface area contributed by atoms with Gasteiger partial charge in [0.25, 0.3) is 0 Å². The van der Waals surface area contributed by atoms with Crippen LogP contribution in [0.4, 0.5) is 17.2 Å². The summed E-state index contributed by atoms with van der Waals surface area (Å²) < 4.78 is 0.852. The summed E-state index contributed by atoms with van der Waals surface area (Å²) in [7, 11) is 0. The highest BCUT2D eigenvalue weighted by molar-refractivity contribution is 9.10. The third-order valence-electron chi connectivity index (χ3n) is 2.62. The third-order valence-corrected chi connectivity index (χ3v) is 3.08. The lowest BCUT2D eigenvalue weighted by Crippen LogP contribution is -2.05. The quantitative estimate of drug-likeness (QED) is 0.644. The van der Waals surface area contributed by atoms with E-state index < -0.39 is 22.1 Å². The molecule has 8 heteroatoms. The molecule has 0 unspecified atom stereocenters. The zero-order chi connectivity index (χ0) is 15.6. The van der Waals surface area contributed by atoms with Gasteiger partial charge in [-0.1, -0.05) is 15.9 Å². The maximum Gasteiger partial charge on any atom is 0.342 e. The number of carboxylic acids is 1. The van der Waals surface area contributed by atoms with E-state index in [-0.39, 0.29) is 5.82 Å². The first-order valence-electron chi connectivity index (χ1n) is 5.79. The summed E-state index contributed by atoms with van der Waals surface area (Å²) in [6.07, 6.45) is 0.927. The van der Waals surface area contributed by atoms with Gasteiger partial charge in [-0.25, -0.2) is 9.78 Å². The fourth-order valence-electron chi connectivity index (χ4n) is 1.79. The molecule has 0 aliphatic heterocycles. The van der Waals surface area contributed by atoms with Gasteiger partial charge in [0.05, 0.1) is 4.92 Å². The number of aryl methyl sites for hydroxylation is 1. The van der Waals surface area contributed by atoms with E-state index >= 15 is 0 Å². The van der Waals surface area contributed by atoms with Crippen molar-refractivity contribution in [3.63, 3.8) is 0 Å². The maximum atomic E-state index is 11.1. The lowest BCUT2D eigenvalue weighted by molar-refractivity contribution is -0.385. The van der Waals surface area contributed by atoms with Crippen LogP contribution in [0.25, 0.3) is 0 Å². The molecule has 0 radical (unpaired) electrons. The molecule has 21 heavy (non-hydrogen) atoms. The molecular weight excluding hydrogens is 342 g/mol. The lowest BCUT2D eigenvalue weighted by Gasteiger charge is -2.08. The Bertz CT molecular complexity index is 713. The summed E-state index contributed by atoms with van der Waals surface area (Å²) in [5, 5.41) is 22.7. The van der Waals surface area contributed by atoms with Gasteiger partial charge in [0.1, 0.15) is 17.6 Å². The van der Waals surface area contributed by atoms with Crippen LogP contribution in [-0.2, 0) is 0 Å². The molecule has 0 aliphatic rings. The first-order chi connectivity index (χ1) is 9.86. The smallest absolute Gasteiger partial charge is 0.342 e. The Labute approximate surface area is 127 Å². The molecule has 108 valence electrons. The van der Waals surface area contributed by atoms with E-state index in [2.05, 4.69) is 26.2 Å². The van der Waals surface area contributed by atoms with E-state index in [0.717, 1.165) is 22.3 Å². The van der Waals surface area contributed by atoms with Crippen molar-refractivity contribution in [2.75, 3.05) is 5.32 Å². The molecule has 0 aliphatic carbocycles. The number of hydrogen-bond acceptors (Lipinski definition) is 5. The fraction of sp³-hybridized carbons (Fsp3) is 0.0769. The summed E-state index contributed by atoms with van der Waals surface area (Å²) in [5.74, 6) is -1.16. The number of nitrogens with zero attached hydrogens (tertiary/aromatic N) is 2. The fourth-order valence-corrected chi connectivity index (χ4v) is 2.40. The van der Waals surface area contributed by atoms with Gasteiger partial charge in [-0.15, -0.1) is 0 Å². The predicted octanol–water partition coefficient (Wildman–Crippen LogP) is 3.50. The first-order valence-corrected chi connectivity index (χ1v) is 6.58. The molecular formula is C13H10BrN3O4. The van der Waals surface area contributed by atoms with Crippen molar-refractivity contribution in [3.05, 3.63) is 56.2 Å². The van der Waals surface area contributed by atoms with Crippen LogP contribution in [0.5, 0.6) is 0 Å². The van der Waals surface area contributed by atoms with Crippen LogP contribution in [0.2, 0.25) is 0 Å². The summed E-state index contributed by atoms with van der Waals surface area (Å²) in [4.78, 5) is 24.9. The number of aromatic nitrogens is 1. The highest BCUT2D eigenvalue weighted by Gasteiger charge is 2.21. The molecule has 7 nitrogen and oxygen atoms in total.